The van der Waals surface area contributed by atoms with Gasteiger partial charge in [-0.25, -0.2) is 9.97 Å². The number of alkyl halides is 3. The lowest BCUT2D eigenvalue weighted by atomic mass is 9.92. The third kappa shape index (κ3) is 5.78. The molecule has 4 nitrogen and oxygen atoms in total. The lowest BCUT2D eigenvalue weighted by Gasteiger charge is -2.21. The van der Waals surface area contributed by atoms with Gasteiger partial charge in [0.2, 0.25) is 0 Å². The van der Waals surface area contributed by atoms with Gasteiger partial charge in [-0.2, -0.15) is 13.2 Å². The third-order valence-electron chi connectivity index (χ3n) is 2.58. The zero-order valence-corrected chi connectivity index (χ0v) is 14.0. The molecule has 0 saturated heterocycles. The van der Waals surface area contributed by atoms with Gasteiger partial charge in [0.05, 0.1) is 16.8 Å². The molecule has 0 aliphatic carbocycles. The van der Waals surface area contributed by atoms with Crippen molar-refractivity contribution in [3.8, 4) is 0 Å². The van der Waals surface area contributed by atoms with Gasteiger partial charge in [-0.1, -0.05) is 20.8 Å². The molecule has 0 atom stereocenters. The fraction of sp³-hybridized carbons (Fsp3) is 0.692. The van der Waals surface area contributed by atoms with Crippen molar-refractivity contribution in [3.63, 3.8) is 0 Å². The second-order valence-corrected chi connectivity index (χ2v) is 6.36. The number of ether oxygens (including phenoxy) is 1. The maximum Gasteiger partial charge on any atom is 0.411 e. The van der Waals surface area contributed by atoms with Gasteiger partial charge in [0.15, 0.2) is 0 Å². The Labute approximate surface area is 130 Å². The van der Waals surface area contributed by atoms with Gasteiger partial charge in [-0.15, -0.1) is 0 Å². The highest BCUT2D eigenvalue weighted by Gasteiger charge is 2.27. The molecule has 0 unspecified atom stereocenters. The Morgan fingerprint density at radius 3 is 2.29 bits per heavy atom. The first-order valence-corrected chi connectivity index (χ1v) is 7.23. The Kier molecular flexibility index (Phi) is 5.98. The lowest BCUT2D eigenvalue weighted by Crippen LogP contribution is -2.20. The van der Waals surface area contributed by atoms with Crippen LogP contribution in [0.3, 0.4) is 0 Å². The maximum atomic E-state index is 12.0. The van der Waals surface area contributed by atoms with Crippen molar-refractivity contribution in [1.29, 1.82) is 0 Å². The standard InChI is InChI=1S/C13H19BrF3N3O/c1-12(2,3)10-9(14)11(18-4)20-8(19-10)5-6-21-7-13(15,16)17/h5-7H2,1-4H3,(H,18,19,20). The molecule has 1 rings (SSSR count). The quantitative estimate of drug-likeness (QED) is 0.803. The van der Waals surface area contributed by atoms with Gasteiger partial charge in [-0.3, -0.25) is 0 Å². The number of halogens is 4. The molecule has 0 aromatic carbocycles. The molecule has 0 amide bonds. The highest BCUT2D eigenvalue weighted by atomic mass is 79.9. The lowest BCUT2D eigenvalue weighted by molar-refractivity contribution is -0.173. The molecule has 1 aromatic rings. The monoisotopic (exact) mass is 369 g/mol. The van der Waals surface area contributed by atoms with E-state index < -0.39 is 12.8 Å². The van der Waals surface area contributed by atoms with Crippen LogP contribution >= 0.6 is 15.9 Å². The molecule has 0 radical (unpaired) electrons. The number of hydrogen-bond donors (Lipinski definition) is 1. The average molecular weight is 370 g/mol. The van der Waals surface area contributed by atoms with Crippen LogP contribution in [0, 0.1) is 0 Å². The molecule has 1 N–H and O–H groups in total. The van der Waals surface area contributed by atoms with E-state index in [0.29, 0.717) is 11.6 Å². The largest absolute Gasteiger partial charge is 0.411 e. The van der Waals surface area contributed by atoms with Crippen molar-refractivity contribution >= 4 is 21.7 Å². The molecule has 0 aliphatic heterocycles. The molecular weight excluding hydrogens is 351 g/mol. The van der Waals surface area contributed by atoms with E-state index in [1.54, 1.807) is 7.05 Å². The summed E-state index contributed by atoms with van der Waals surface area (Å²) in [5.41, 5.74) is 0.585. The average Bonchev–Trinajstić information content (AvgIpc) is 2.33. The minimum Gasteiger partial charge on any atom is -0.372 e. The van der Waals surface area contributed by atoms with Crippen molar-refractivity contribution in [3.05, 3.63) is 16.0 Å². The number of nitrogens with one attached hydrogen (secondary N) is 1. The zero-order chi connectivity index (χ0) is 16.3. The summed E-state index contributed by atoms with van der Waals surface area (Å²) in [5, 5.41) is 2.94. The Morgan fingerprint density at radius 2 is 1.81 bits per heavy atom. The number of anilines is 1. The van der Waals surface area contributed by atoms with E-state index in [0.717, 1.165) is 10.2 Å². The van der Waals surface area contributed by atoms with E-state index >= 15 is 0 Å². The topological polar surface area (TPSA) is 47.0 Å². The summed E-state index contributed by atoms with van der Waals surface area (Å²) in [7, 11) is 1.73. The second-order valence-electron chi connectivity index (χ2n) is 5.57. The van der Waals surface area contributed by atoms with Crippen molar-refractivity contribution < 1.29 is 17.9 Å². The van der Waals surface area contributed by atoms with Crippen molar-refractivity contribution in [2.24, 2.45) is 0 Å². The van der Waals surface area contributed by atoms with Gasteiger partial charge in [0.25, 0.3) is 0 Å². The van der Waals surface area contributed by atoms with Crippen LogP contribution < -0.4 is 5.32 Å². The van der Waals surface area contributed by atoms with Crippen molar-refractivity contribution in [2.45, 2.75) is 38.8 Å². The van der Waals surface area contributed by atoms with Crippen LogP contribution in [0.5, 0.6) is 0 Å². The van der Waals surface area contributed by atoms with Gasteiger partial charge in [0, 0.05) is 18.9 Å². The van der Waals surface area contributed by atoms with Crippen LogP contribution in [0.15, 0.2) is 4.47 Å². The summed E-state index contributed by atoms with van der Waals surface area (Å²) >= 11 is 3.45. The van der Waals surface area contributed by atoms with E-state index in [4.69, 9.17) is 0 Å². The Bertz CT molecular complexity index is 487. The van der Waals surface area contributed by atoms with E-state index in [-0.39, 0.29) is 18.4 Å². The first kappa shape index (κ1) is 18.2. The molecule has 120 valence electrons. The molecule has 0 bridgehead atoms. The zero-order valence-electron chi connectivity index (χ0n) is 12.4. The first-order valence-electron chi connectivity index (χ1n) is 6.43. The van der Waals surface area contributed by atoms with Crippen LogP contribution in [-0.4, -0.2) is 36.4 Å². The summed E-state index contributed by atoms with van der Waals surface area (Å²) in [6, 6.07) is 0. The molecule has 1 heterocycles. The summed E-state index contributed by atoms with van der Waals surface area (Å²) in [5.74, 6) is 1.07. The fourth-order valence-electron chi connectivity index (χ4n) is 1.62. The van der Waals surface area contributed by atoms with E-state index in [1.807, 2.05) is 20.8 Å². The predicted octanol–water partition coefficient (Wildman–Crippen LogP) is 3.70. The van der Waals surface area contributed by atoms with Gasteiger partial charge >= 0.3 is 6.18 Å². The van der Waals surface area contributed by atoms with Crippen LogP contribution in [0.4, 0.5) is 19.0 Å². The Balaban J connectivity index is 2.84. The maximum absolute atomic E-state index is 12.0. The van der Waals surface area contributed by atoms with Crippen LogP contribution in [0.2, 0.25) is 0 Å². The van der Waals surface area contributed by atoms with E-state index in [1.165, 1.54) is 0 Å². The minimum absolute atomic E-state index is 0.0755. The number of rotatable bonds is 5. The molecular formula is C13H19BrF3N3O. The van der Waals surface area contributed by atoms with Crippen LogP contribution in [-0.2, 0) is 16.6 Å². The van der Waals surface area contributed by atoms with Gasteiger partial charge in [0.1, 0.15) is 18.2 Å². The highest BCUT2D eigenvalue weighted by Crippen LogP contribution is 2.32. The number of nitrogens with zero attached hydrogens (tertiary/aromatic N) is 2. The number of aromatic nitrogens is 2. The molecule has 1 aromatic heterocycles. The van der Waals surface area contributed by atoms with Crippen molar-refractivity contribution in [2.75, 3.05) is 25.6 Å². The minimum atomic E-state index is -4.31. The smallest absolute Gasteiger partial charge is 0.372 e. The fourth-order valence-corrected chi connectivity index (χ4v) is 2.59. The van der Waals surface area contributed by atoms with Gasteiger partial charge in [-0.05, 0) is 15.9 Å². The Hall–Kier alpha value is -0.890. The first-order chi connectivity index (χ1) is 9.54. The van der Waals surface area contributed by atoms with Crippen molar-refractivity contribution in [1.82, 2.24) is 9.97 Å². The second kappa shape index (κ2) is 6.91. The van der Waals surface area contributed by atoms with E-state index in [9.17, 15) is 13.2 Å². The van der Waals surface area contributed by atoms with E-state index in [2.05, 4.69) is 36.0 Å². The molecule has 8 heteroatoms. The predicted molar refractivity (Wildman–Crippen MR) is 78.6 cm³/mol. The summed E-state index contributed by atoms with van der Waals surface area (Å²) in [4.78, 5) is 8.70. The summed E-state index contributed by atoms with van der Waals surface area (Å²) in [6.45, 7) is 4.68. The Morgan fingerprint density at radius 1 is 1.19 bits per heavy atom. The normalized spacial score (nSPS) is 12.6. The number of hydrogen-bond acceptors (Lipinski definition) is 4. The molecule has 0 saturated carbocycles. The molecule has 21 heavy (non-hydrogen) atoms. The van der Waals surface area contributed by atoms with Gasteiger partial charge < -0.3 is 10.1 Å². The van der Waals surface area contributed by atoms with Crippen LogP contribution in [0.1, 0.15) is 32.3 Å². The highest BCUT2D eigenvalue weighted by molar-refractivity contribution is 9.10. The summed E-state index contributed by atoms with van der Waals surface area (Å²) in [6.07, 6.45) is -4.09. The molecule has 0 fully saturated rings. The third-order valence-corrected chi connectivity index (χ3v) is 3.33. The molecule has 0 aliphatic rings. The molecule has 0 spiro atoms. The SMILES string of the molecule is CNc1nc(CCOCC(F)(F)F)nc(C(C)(C)C)c1Br. The summed E-state index contributed by atoms with van der Waals surface area (Å²) < 4.78 is 41.4. The van der Waals surface area contributed by atoms with Crippen LogP contribution in [0.25, 0.3) is 0 Å².